The molecule has 0 aliphatic carbocycles. The third-order valence-corrected chi connectivity index (χ3v) is 4.42. The largest absolute Gasteiger partial charge is 0.282 e. The van der Waals surface area contributed by atoms with Crippen molar-refractivity contribution in [2.24, 2.45) is 4.99 Å². The second-order valence-corrected chi connectivity index (χ2v) is 6.35. The van der Waals surface area contributed by atoms with Gasteiger partial charge in [-0.05, 0) is 42.5 Å². The van der Waals surface area contributed by atoms with E-state index in [4.69, 9.17) is 0 Å². The zero-order valence-corrected chi connectivity index (χ0v) is 14.3. The molecular weight excluding hydrogens is 364 g/mol. The Bertz CT molecular complexity index is 933. The Balaban J connectivity index is 1.85. The number of para-hydroxylation sites is 2. The molecule has 3 aromatic rings. The number of rotatable bonds is 2. The fraction of sp³-hybridized carbons (Fsp3) is 0. The summed E-state index contributed by atoms with van der Waals surface area (Å²) in [5.74, 6) is -0.106. The number of halogens is 1. The van der Waals surface area contributed by atoms with Crippen LogP contribution in [0.25, 0.3) is 0 Å². The zero-order valence-electron chi connectivity index (χ0n) is 12.7. The molecule has 3 aromatic carbocycles. The highest BCUT2D eigenvalue weighted by molar-refractivity contribution is 9.10. The van der Waals surface area contributed by atoms with Crippen LogP contribution in [0.5, 0.6) is 0 Å². The first-order chi connectivity index (χ1) is 11.7. The number of carbonyl (C=O) groups excluding carboxylic acids is 1. The predicted octanol–water partition coefficient (Wildman–Crippen LogP) is 5.25. The Labute approximate surface area is 148 Å². The van der Waals surface area contributed by atoms with Crippen molar-refractivity contribution in [3.63, 3.8) is 0 Å². The number of anilines is 2. The molecule has 0 atom stereocenters. The lowest BCUT2D eigenvalue weighted by atomic mass is 10.1. The fourth-order valence-corrected chi connectivity index (χ4v) is 3.05. The van der Waals surface area contributed by atoms with Gasteiger partial charge in [0.25, 0.3) is 5.91 Å². The lowest BCUT2D eigenvalue weighted by molar-refractivity contribution is -0.111. The molecule has 0 saturated heterocycles. The summed E-state index contributed by atoms with van der Waals surface area (Å²) in [5, 5.41) is 0. The van der Waals surface area contributed by atoms with Crippen molar-refractivity contribution in [1.82, 2.24) is 0 Å². The van der Waals surface area contributed by atoms with Crippen molar-refractivity contribution in [1.29, 1.82) is 0 Å². The average Bonchev–Trinajstić information content (AvgIpc) is 2.90. The van der Waals surface area contributed by atoms with Crippen molar-refractivity contribution in [2.45, 2.75) is 0 Å². The quantitative estimate of drug-likeness (QED) is 0.601. The molecule has 0 radical (unpaired) electrons. The van der Waals surface area contributed by atoms with Gasteiger partial charge in [0.05, 0.1) is 11.4 Å². The minimum absolute atomic E-state index is 0.106. The monoisotopic (exact) mass is 376 g/mol. The molecule has 0 spiro atoms. The summed E-state index contributed by atoms with van der Waals surface area (Å²) in [6.45, 7) is 0. The molecule has 4 rings (SSSR count). The molecule has 1 heterocycles. The molecule has 1 aliphatic heterocycles. The Morgan fingerprint density at radius 2 is 1.46 bits per heavy atom. The third-order valence-electron chi connectivity index (χ3n) is 3.89. The molecule has 0 unspecified atom stereocenters. The topological polar surface area (TPSA) is 32.7 Å². The van der Waals surface area contributed by atoms with Gasteiger partial charge in [-0.15, -0.1) is 0 Å². The Morgan fingerprint density at radius 1 is 0.792 bits per heavy atom. The van der Waals surface area contributed by atoms with Gasteiger partial charge in [-0.3, -0.25) is 9.69 Å². The molecule has 3 nitrogen and oxygen atoms in total. The van der Waals surface area contributed by atoms with E-state index >= 15 is 0 Å². The summed E-state index contributed by atoms with van der Waals surface area (Å²) in [6, 6.07) is 25.0. The second kappa shape index (κ2) is 6.06. The van der Waals surface area contributed by atoms with Crippen LogP contribution in [-0.4, -0.2) is 11.6 Å². The number of nitrogens with zero attached hydrogens (tertiary/aromatic N) is 2. The van der Waals surface area contributed by atoms with E-state index in [2.05, 4.69) is 20.9 Å². The maximum atomic E-state index is 13.0. The Hall–Kier alpha value is -2.72. The van der Waals surface area contributed by atoms with Crippen LogP contribution >= 0.6 is 15.9 Å². The predicted molar refractivity (Wildman–Crippen MR) is 100 cm³/mol. The van der Waals surface area contributed by atoms with E-state index in [0.717, 1.165) is 27.1 Å². The highest BCUT2D eigenvalue weighted by atomic mass is 79.9. The molecule has 1 aliphatic rings. The van der Waals surface area contributed by atoms with E-state index in [1.54, 1.807) is 4.90 Å². The number of hydrogen-bond acceptors (Lipinski definition) is 2. The highest BCUT2D eigenvalue weighted by Crippen LogP contribution is 2.36. The first kappa shape index (κ1) is 14.8. The van der Waals surface area contributed by atoms with Crippen molar-refractivity contribution < 1.29 is 4.79 Å². The first-order valence-corrected chi connectivity index (χ1v) is 8.36. The number of fused-ring (bicyclic) bond motifs is 1. The maximum Gasteiger partial charge on any atom is 0.282 e. The molecule has 24 heavy (non-hydrogen) atoms. The Kier molecular flexibility index (Phi) is 3.75. The van der Waals surface area contributed by atoms with Crippen LogP contribution in [0.4, 0.5) is 17.1 Å². The van der Waals surface area contributed by atoms with Gasteiger partial charge in [-0.2, -0.15) is 0 Å². The summed E-state index contributed by atoms with van der Waals surface area (Å²) < 4.78 is 0.982. The van der Waals surface area contributed by atoms with Gasteiger partial charge >= 0.3 is 0 Å². The van der Waals surface area contributed by atoms with Gasteiger partial charge in [-0.25, -0.2) is 4.99 Å². The molecule has 4 heteroatoms. The lowest BCUT2D eigenvalue weighted by Crippen LogP contribution is -2.25. The van der Waals surface area contributed by atoms with Gasteiger partial charge in [0, 0.05) is 15.7 Å². The summed E-state index contributed by atoms with van der Waals surface area (Å²) in [5.41, 5.74) is 3.79. The van der Waals surface area contributed by atoms with Crippen LogP contribution in [0.2, 0.25) is 0 Å². The van der Waals surface area contributed by atoms with Gasteiger partial charge in [-0.1, -0.05) is 52.3 Å². The van der Waals surface area contributed by atoms with Crippen molar-refractivity contribution in [3.05, 3.63) is 88.9 Å². The van der Waals surface area contributed by atoms with Gasteiger partial charge in [0.15, 0.2) is 0 Å². The zero-order chi connectivity index (χ0) is 16.5. The summed E-state index contributed by atoms with van der Waals surface area (Å²) in [6.07, 6.45) is 0. The van der Waals surface area contributed by atoms with E-state index in [-0.39, 0.29) is 5.91 Å². The highest BCUT2D eigenvalue weighted by Gasteiger charge is 2.34. The summed E-state index contributed by atoms with van der Waals surface area (Å²) >= 11 is 3.41. The maximum absolute atomic E-state index is 13.0. The van der Waals surface area contributed by atoms with Crippen LogP contribution in [0.3, 0.4) is 0 Å². The molecular formula is C20H13BrN2O. The van der Waals surface area contributed by atoms with E-state index < -0.39 is 0 Å². The molecule has 1 amide bonds. The number of amides is 1. The van der Waals surface area contributed by atoms with Crippen molar-refractivity contribution in [2.75, 3.05) is 4.90 Å². The molecule has 116 valence electrons. The number of benzene rings is 3. The molecule has 0 N–H and O–H groups in total. The van der Waals surface area contributed by atoms with Gasteiger partial charge in [0.1, 0.15) is 5.71 Å². The van der Waals surface area contributed by atoms with Crippen molar-refractivity contribution in [3.8, 4) is 0 Å². The van der Waals surface area contributed by atoms with E-state index in [0.29, 0.717) is 5.71 Å². The van der Waals surface area contributed by atoms with Crippen molar-refractivity contribution >= 4 is 44.6 Å². The summed E-state index contributed by atoms with van der Waals surface area (Å²) in [7, 11) is 0. The standard InChI is InChI=1S/C20H13BrN2O/c21-14-10-12-15(13-11-14)22-19-17-8-4-5-9-18(17)23(20(19)24)16-6-2-1-3-7-16/h1-13H/b22-19-. The number of carbonyl (C=O) groups is 1. The van der Waals surface area contributed by atoms with Crippen LogP contribution in [0.1, 0.15) is 5.56 Å². The van der Waals surface area contributed by atoms with Gasteiger partial charge < -0.3 is 0 Å². The SMILES string of the molecule is O=C1/C(=N\c2ccc(Br)cc2)c2ccccc2N1c1ccccc1. The van der Waals surface area contributed by atoms with E-state index in [1.807, 2.05) is 78.9 Å². The smallest absolute Gasteiger partial charge is 0.275 e. The van der Waals surface area contributed by atoms with Crippen LogP contribution in [-0.2, 0) is 4.79 Å². The lowest BCUT2D eigenvalue weighted by Gasteiger charge is -2.16. The molecule has 0 aromatic heterocycles. The first-order valence-electron chi connectivity index (χ1n) is 7.57. The minimum Gasteiger partial charge on any atom is -0.275 e. The second-order valence-electron chi connectivity index (χ2n) is 5.43. The third kappa shape index (κ3) is 2.55. The number of aliphatic imine (C=N–C) groups is 1. The van der Waals surface area contributed by atoms with Crippen LogP contribution < -0.4 is 4.90 Å². The van der Waals surface area contributed by atoms with E-state index in [9.17, 15) is 4.79 Å². The molecule has 0 bridgehead atoms. The Morgan fingerprint density at radius 3 is 2.21 bits per heavy atom. The van der Waals surface area contributed by atoms with E-state index in [1.165, 1.54) is 0 Å². The van der Waals surface area contributed by atoms with Gasteiger partial charge in [0.2, 0.25) is 0 Å². The molecule has 0 fully saturated rings. The van der Waals surface area contributed by atoms with Crippen LogP contribution in [0, 0.1) is 0 Å². The normalized spacial score (nSPS) is 15.0. The minimum atomic E-state index is -0.106. The average molecular weight is 377 g/mol. The molecule has 0 saturated carbocycles. The van der Waals surface area contributed by atoms with Crippen LogP contribution in [0.15, 0.2) is 88.3 Å². The number of hydrogen-bond donors (Lipinski definition) is 0. The summed E-state index contributed by atoms with van der Waals surface area (Å²) in [4.78, 5) is 19.3. The fourth-order valence-electron chi connectivity index (χ4n) is 2.79.